The molecule has 22 heavy (non-hydrogen) atoms. The molecule has 2 N–H and O–H groups in total. The van der Waals surface area contributed by atoms with Gasteiger partial charge in [0.25, 0.3) is 0 Å². The lowest BCUT2D eigenvalue weighted by molar-refractivity contribution is -0.138. The Bertz CT molecular complexity index is 703. The normalized spacial score (nSPS) is 20.6. The van der Waals surface area contributed by atoms with Crippen LogP contribution in [0.2, 0.25) is 0 Å². The number of fused-ring (bicyclic) bond motifs is 1. The van der Waals surface area contributed by atoms with E-state index >= 15 is 0 Å². The van der Waals surface area contributed by atoms with Crippen molar-refractivity contribution in [3.63, 3.8) is 0 Å². The highest BCUT2D eigenvalue weighted by molar-refractivity contribution is 9.10. The van der Waals surface area contributed by atoms with E-state index in [4.69, 9.17) is 10.5 Å². The van der Waals surface area contributed by atoms with Gasteiger partial charge < -0.3 is 10.5 Å². The van der Waals surface area contributed by atoms with Crippen LogP contribution in [0.5, 0.6) is 5.75 Å². The predicted octanol–water partition coefficient (Wildman–Crippen LogP) is 4.26. The highest BCUT2D eigenvalue weighted by Gasteiger charge is 2.43. The summed E-state index contributed by atoms with van der Waals surface area (Å²) in [6.45, 7) is 0.180. The lowest BCUT2D eigenvalue weighted by Crippen LogP contribution is -2.39. The average molecular weight is 372 g/mol. The fraction of sp³-hybridized carbons (Fsp3) is 0.250. The minimum absolute atomic E-state index is 0.0313. The minimum Gasteiger partial charge on any atom is -0.481 e. The SMILES string of the molecule is NCC1(c2ccccc2)Cc2c(ccc(C(F)(F)F)c2Br)O1. The smallest absolute Gasteiger partial charge is 0.417 e. The molecular weight excluding hydrogens is 359 g/mol. The Balaban J connectivity index is 2.07. The highest BCUT2D eigenvalue weighted by atomic mass is 79.9. The summed E-state index contributed by atoms with van der Waals surface area (Å²) in [5.41, 5.74) is 5.73. The van der Waals surface area contributed by atoms with Crippen LogP contribution in [0.3, 0.4) is 0 Å². The molecule has 0 radical (unpaired) electrons. The second-order valence-electron chi connectivity index (χ2n) is 5.24. The van der Waals surface area contributed by atoms with Gasteiger partial charge in [0.2, 0.25) is 0 Å². The van der Waals surface area contributed by atoms with E-state index in [2.05, 4.69) is 15.9 Å². The van der Waals surface area contributed by atoms with Crippen LogP contribution >= 0.6 is 15.9 Å². The summed E-state index contributed by atoms with van der Waals surface area (Å²) in [4.78, 5) is 0. The second-order valence-corrected chi connectivity index (χ2v) is 6.04. The van der Waals surface area contributed by atoms with E-state index < -0.39 is 17.3 Å². The van der Waals surface area contributed by atoms with Gasteiger partial charge in [-0.15, -0.1) is 0 Å². The zero-order chi connectivity index (χ0) is 16.0. The van der Waals surface area contributed by atoms with Crippen LogP contribution in [-0.4, -0.2) is 6.54 Å². The molecule has 0 spiro atoms. The Morgan fingerprint density at radius 1 is 1.14 bits per heavy atom. The molecule has 6 heteroatoms. The molecule has 0 aliphatic carbocycles. The molecule has 1 heterocycles. The maximum Gasteiger partial charge on any atom is 0.417 e. The summed E-state index contributed by atoms with van der Waals surface area (Å²) < 4.78 is 45.0. The van der Waals surface area contributed by atoms with Crippen LogP contribution in [0.25, 0.3) is 0 Å². The lowest BCUT2D eigenvalue weighted by Gasteiger charge is -2.27. The van der Waals surface area contributed by atoms with Gasteiger partial charge in [0.1, 0.15) is 5.75 Å². The summed E-state index contributed by atoms with van der Waals surface area (Å²) in [6.07, 6.45) is -4.11. The molecule has 1 atom stereocenters. The highest BCUT2D eigenvalue weighted by Crippen LogP contribution is 2.47. The molecule has 2 aromatic carbocycles. The van der Waals surface area contributed by atoms with E-state index in [1.54, 1.807) is 0 Å². The minimum atomic E-state index is -4.41. The quantitative estimate of drug-likeness (QED) is 0.855. The monoisotopic (exact) mass is 371 g/mol. The van der Waals surface area contributed by atoms with Crippen molar-refractivity contribution in [1.29, 1.82) is 0 Å². The number of alkyl halides is 3. The number of rotatable bonds is 2. The number of hydrogen-bond acceptors (Lipinski definition) is 2. The van der Waals surface area contributed by atoms with Crippen molar-refractivity contribution in [3.05, 3.63) is 63.6 Å². The molecular formula is C16H13BrF3NO. The summed E-state index contributed by atoms with van der Waals surface area (Å²) in [6, 6.07) is 11.7. The third-order valence-electron chi connectivity index (χ3n) is 3.90. The average Bonchev–Trinajstić information content (AvgIpc) is 2.88. The van der Waals surface area contributed by atoms with Gasteiger partial charge in [0.05, 0.1) is 5.56 Å². The van der Waals surface area contributed by atoms with Crippen molar-refractivity contribution in [1.82, 2.24) is 0 Å². The zero-order valence-electron chi connectivity index (χ0n) is 11.5. The first-order chi connectivity index (χ1) is 10.4. The summed E-state index contributed by atoms with van der Waals surface area (Å²) in [7, 11) is 0. The van der Waals surface area contributed by atoms with Crippen molar-refractivity contribution in [2.45, 2.75) is 18.2 Å². The van der Waals surface area contributed by atoms with Crippen LogP contribution in [0.1, 0.15) is 16.7 Å². The summed E-state index contributed by atoms with van der Waals surface area (Å²) in [5.74, 6) is 0.439. The number of hydrogen-bond donors (Lipinski definition) is 1. The van der Waals surface area contributed by atoms with Crippen LogP contribution in [0.15, 0.2) is 46.9 Å². The molecule has 0 amide bonds. The number of halogens is 4. The Morgan fingerprint density at radius 2 is 1.82 bits per heavy atom. The van der Waals surface area contributed by atoms with Crippen molar-refractivity contribution >= 4 is 15.9 Å². The molecule has 0 fully saturated rings. The van der Waals surface area contributed by atoms with E-state index in [0.717, 1.165) is 11.6 Å². The standard InChI is InChI=1S/C16H13BrF3NO/c17-14-11-8-15(9-21,10-4-2-1-3-5-10)22-13(11)7-6-12(14)16(18,19)20/h1-7H,8-9,21H2. The largest absolute Gasteiger partial charge is 0.481 e. The van der Waals surface area contributed by atoms with Gasteiger partial charge in [0.15, 0.2) is 5.60 Å². The topological polar surface area (TPSA) is 35.2 Å². The van der Waals surface area contributed by atoms with Crippen molar-refractivity contribution in [2.75, 3.05) is 6.54 Å². The molecule has 116 valence electrons. The van der Waals surface area contributed by atoms with Gasteiger partial charge in [-0.05, 0) is 33.6 Å². The molecule has 0 saturated carbocycles. The van der Waals surface area contributed by atoms with Gasteiger partial charge >= 0.3 is 6.18 Å². The summed E-state index contributed by atoms with van der Waals surface area (Å²) in [5, 5.41) is 0. The van der Waals surface area contributed by atoms with Gasteiger partial charge in [-0.3, -0.25) is 0 Å². The molecule has 2 nitrogen and oxygen atoms in total. The molecule has 3 rings (SSSR count). The maximum atomic E-state index is 13.0. The first-order valence-corrected chi connectivity index (χ1v) is 7.50. The zero-order valence-corrected chi connectivity index (χ0v) is 13.0. The number of ether oxygens (including phenoxy) is 1. The van der Waals surface area contributed by atoms with Crippen molar-refractivity contribution in [2.24, 2.45) is 5.73 Å². The number of nitrogens with two attached hydrogens (primary N) is 1. The second kappa shape index (κ2) is 5.28. The van der Waals surface area contributed by atoms with Gasteiger partial charge in [-0.25, -0.2) is 0 Å². The maximum absolute atomic E-state index is 13.0. The first kappa shape index (κ1) is 15.4. The van der Waals surface area contributed by atoms with E-state index in [9.17, 15) is 13.2 Å². The molecule has 1 unspecified atom stereocenters. The van der Waals surface area contributed by atoms with Gasteiger partial charge in [0, 0.05) is 23.0 Å². The van der Waals surface area contributed by atoms with Gasteiger partial charge in [-0.1, -0.05) is 30.3 Å². The Kier molecular flexibility index (Phi) is 3.69. The predicted molar refractivity (Wildman–Crippen MR) is 80.7 cm³/mol. The fourth-order valence-corrected chi connectivity index (χ4v) is 3.44. The third-order valence-corrected chi connectivity index (χ3v) is 4.81. The van der Waals surface area contributed by atoms with Crippen molar-refractivity contribution in [3.8, 4) is 5.75 Å². The molecule has 0 aromatic heterocycles. The van der Waals surface area contributed by atoms with E-state index in [1.807, 2.05) is 30.3 Å². The Hall–Kier alpha value is -1.53. The number of benzene rings is 2. The van der Waals surface area contributed by atoms with E-state index in [0.29, 0.717) is 17.7 Å². The molecule has 0 saturated heterocycles. The van der Waals surface area contributed by atoms with Gasteiger partial charge in [-0.2, -0.15) is 13.2 Å². The Labute approximate surface area is 134 Å². The van der Waals surface area contributed by atoms with E-state index in [-0.39, 0.29) is 11.0 Å². The van der Waals surface area contributed by atoms with E-state index in [1.165, 1.54) is 6.07 Å². The van der Waals surface area contributed by atoms with Crippen LogP contribution in [0.4, 0.5) is 13.2 Å². The fourth-order valence-electron chi connectivity index (χ4n) is 2.75. The molecule has 2 aromatic rings. The van der Waals surface area contributed by atoms with Crippen LogP contribution < -0.4 is 10.5 Å². The first-order valence-electron chi connectivity index (χ1n) is 6.70. The molecule has 1 aliphatic rings. The molecule has 0 bridgehead atoms. The van der Waals surface area contributed by atoms with Crippen LogP contribution in [-0.2, 0) is 18.2 Å². The van der Waals surface area contributed by atoms with Crippen LogP contribution in [0, 0.1) is 0 Å². The molecule has 1 aliphatic heterocycles. The van der Waals surface area contributed by atoms with Crippen molar-refractivity contribution < 1.29 is 17.9 Å². The Morgan fingerprint density at radius 3 is 2.41 bits per heavy atom. The third kappa shape index (κ3) is 2.40. The lowest BCUT2D eigenvalue weighted by atomic mass is 9.89. The summed E-state index contributed by atoms with van der Waals surface area (Å²) >= 11 is 3.08.